The Morgan fingerprint density at radius 2 is 1.38 bits per heavy atom. The summed E-state index contributed by atoms with van der Waals surface area (Å²) >= 11 is 0. The number of carbonyl (C=O) groups is 2. The van der Waals surface area contributed by atoms with Gasteiger partial charge in [0, 0.05) is 17.5 Å². The van der Waals surface area contributed by atoms with Crippen LogP contribution in [0.3, 0.4) is 0 Å². The predicted molar refractivity (Wildman–Crippen MR) is 140 cm³/mol. The normalized spacial score (nSPS) is 25.8. The van der Waals surface area contributed by atoms with Crippen LogP contribution in [0.25, 0.3) is 0 Å². The molecule has 3 heteroatoms. The zero-order valence-corrected chi connectivity index (χ0v) is 22.4. The van der Waals surface area contributed by atoms with E-state index >= 15 is 0 Å². The third-order valence-corrected chi connectivity index (χ3v) is 8.20. The van der Waals surface area contributed by atoms with Gasteiger partial charge < -0.3 is 4.74 Å². The smallest absolute Gasteiger partial charge is 0.199 e. The highest BCUT2D eigenvalue weighted by molar-refractivity contribution is 6.25. The van der Waals surface area contributed by atoms with Gasteiger partial charge in [0.25, 0.3) is 0 Å². The lowest BCUT2D eigenvalue weighted by Gasteiger charge is -2.22. The molecule has 1 fully saturated rings. The van der Waals surface area contributed by atoms with Crippen molar-refractivity contribution in [2.45, 2.75) is 117 Å². The molecule has 0 radical (unpaired) electrons. The van der Waals surface area contributed by atoms with E-state index < -0.39 is 11.2 Å². The Kier molecular flexibility index (Phi) is 8.95. The van der Waals surface area contributed by atoms with Crippen LogP contribution in [0.1, 0.15) is 126 Å². The third-order valence-electron chi connectivity index (χ3n) is 8.20. The molecule has 1 aromatic rings. The second kappa shape index (κ2) is 11.3. The minimum Gasteiger partial charge on any atom is -0.345 e. The molecule has 1 aromatic carbocycles. The molecule has 1 saturated heterocycles. The first-order valence-electron chi connectivity index (χ1n) is 13.6. The fraction of sp³-hybridized carbons (Fsp3) is 0.677. The fourth-order valence-corrected chi connectivity index (χ4v) is 5.63. The Bertz CT molecular complexity index is 898. The van der Waals surface area contributed by atoms with Crippen LogP contribution < -0.4 is 0 Å². The van der Waals surface area contributed by atoms with E-state index in [0.717, 1.165) is 24.2 Å². The Balaban J connectivity index is 1.39. The van der Waals surface area contributed by atoms with E-state index in [1.807, 2.05) is 12.1 Å². The van der Waals surface area contributed by atoms with Crippen molar-refractivity contribution in [3.8, 4) is 0 Å². The second-order valence-corrected chi connectivity index (χ2v) is 11.8. The van der Waals surface area contributed by atoms with Crippen molar-refractivity contribution >= 4 is 11.6 Å². The first-order chi connectivity index (χ1) is 16.1. The molecule has 188 valence electrons. The monoisotopic (exact) mass is 466 g/mol. The number of Topliss-reactive ketones (excluding diaryl/α,β-unsaturated/α-hetero) is 2. The van der Waals surface area contributed by atoms with Gasteiger partial charge in [-0.2, -0.15) is 0 Å². The maximum Gasteiger partial charge on any atom is 0.199 e. The molecule has 0 N–H and O–H groups in total. The molecule has 0 aromatic heterocycles. The van der Waals surface area contributed by atoms with Gasteiger partial charge in [0.05, 0.1) is 0 Å². The lowest BCUT2D eigenvalue weighted by molar-refractivity contribution is 0.0847. The van der Waals surface area contributed by atoms with Gasteiger partial charge in [-0.25, -0.2) is 0 Å². The lowest BCUT2D eigenvalue weighted by Crippen LogP contribution is -2.43. The summed E-state index contributed by atoms with van der Waals surface area (Å²) in [6.45, 7) is 13.3. The van der Waals surface area contributed by atoms with E-state index in [9.17, 15) is 9.59 Å². The Hall–Kier alpha value is -1.74. The van der Waals surface area contributed by atoms with E-state index in [4.69, 9.17) is 4.74 Å². The van der Waals surface area contributed by atoms with Crippen LogP contribution in [0.2, 0.25) is 0 Å². The van der Waals surface area contributed by atoms with Gasteiger partial charge in [0.15, 0.2) is 22.8 Å². The molecule has 0 amide bonds. The van der Waals surface area contributed by atoms with Crippen LogP contribution in [-0.4, -0.2) is 22.8 Å². The molecule has 0 unspecified atom stereocenters. The van der Waals surface area contributed by atoms with E-state index in [1.165, 1.54) is 56.9 Å². The molecule has 4 atom stereocenters. The third kappa shape index (κ3) is 5.90. The molecule has 0 spiro atoms. The molecule has 0 saturated carbocycles. The molecule has 1 aliphatic heterocycles. The molecule has 34 heavy (non-hydrogen) atoms. The number of carbonyl (C=O) groups excluding carboxylic acids is 2. The van der Waals surface area contributed by atoms with Crippen molar-refractivity contribution in [2.75, 3.05) is 0 Å². The first kappa shape index (κ1) is 26.9. The molecule has 2 aliphatic rings. The number of ether oxygens (including phenoxy) is 1. The molecular weight excluding hydrogens is 420 g/mol. The van der Waals surface area contributed by atoms with Gasteiger partial charge in [-0.3, -0.25) is 9.59 Å². The van der Waals surface area contributed by atoms with Crippen LogP contribution in [0.5, 0.6) is 0 Å². The Morgan fingerprint density at radius 1 is 0.853 bits per heavy atom. The molecule has 3 rings (SSSR count). The topological polar surface area (TPSA) is 46.7 Å². The zero-order valence-electron chi connectivity index (χ0n) is 22.4. The number of allylic oxidation sites excluding steroid dienone is 1. The van der Waals surface area contributed by atoms with E-state index in [0.29, 0.717) is 17.5 Å². The lowest BCUT2D eigenvalue weighted by atomic mass is 9.73. The van der Waals surface area contributed by atoms with Crippen molar-refractivity contribution in [1.82, 2.24) is 0 Å². The number of hydrogen-bond acceptors (Lipinski definition) is 3. The van der Waals surface area contributed by atoms with Gasteiger partial charge in [0.1, 0.15) is 0 Å². The number of hydrogen-bond donors (Lipinski definition) is 0. The number of ketones is 2. The maximum atomic E-state index is 13.2. The van der Waals surface area contributed by atoms with Crippen molar-refractivity contribution in [2.24, 2.45) is 17.8 Å². The van der Waals surface area contributed by atoms with E-state index in [1.54, 1.807) is 19.1 Å². The van der Waals surface area contributed by atoms with Crippen LogP contribution in [0.4, 0.5) is 0 Å². The summed E-state index contributed by atoms with van der Waals surface area (Å²) in [5.74, 6) is 2.34. The first-order valence-corrected chi connectivity index (χ1v) is 13.6. The summed E-state index contributed by atoms with van der Waals surface area (Å²) in [5, 5.41) is 0. The van der Waals surface area contributed by atoms with Crippen molar-refractivity contribution in [3.63, 3.8) is 0 Å². The number of benzene rings is 1. The summed E-state index contributed by atoms with van der Waals surface area (Å²) in [6, 6.07) is 7.12. The molecule has 0 bridgehead atoms. The van der Waals surface area contributed by atoms with Crippen LogP contribution in [0, 0.1) is 17.8 Å². The average Bonchev–Trinajstić information content (AvgIpc) is 3.43. The van der Waals surface area contributed by atoms with Crippen LogP contribution in [0.15, 0.2) is 35.9 Å². The number of epoxide rings is 1. The highest BCUT2D eigenvalue weighted by Gasteiger charge is 2.77. The summed E-state index contributed by atoms with van der Waals surface area (Å²) in [6.07, 6.45) is 14.2. The highest BCUT2D eigenvalue weighted by atomic mass is 16.6. The van der Waals surface area contributed by atoms with E-state index in [2.05, 4.69) is 40.7 Å². The summed E-state index contributed by atoms with van der Waals surface area (Å²) in [5.41, 5.74) is 0.297. The van der Waals surface area contributed by atoms with Crippen molar-refractivity contribution in [3.05, 3.63) is 47.0 Å². The SMILES string of the molecule is C/C(=C\C[C@]12O[C@]1(C)C(=O)c1ccccc1C2=O)CCC[C@@H](C)CCC[C@@H](C)CCCC(C)C. The summed E-state index contributed by atoms with van der Waals surface area (Å²) in [4.78, 5) is 26.1. The zero-order chi connectivity index (χ0) is 24.9. The van der Waals surface area contributed by atoms with Crippen LogP contribution >= 0.6 is 0 Å². The van der Waals surface area contributed by atoms with Gasteiger partial charge >= 0.3 is 0 Å². The van der Waals surface area contributed by atoms with Crippen molar-refractivity contribution < 1.29 is 14.3 Å². The van der Waals surface area contributed by atoms with Gasteiger partial charge in [-0.15, -0.1) is 0 Å². The summed E-state index contributed by atoms with van der Waals surface area (Å²) < 4.78 is 5.91. The second-order valence-electron chi connectivity index (χ2n) is 11.8. The number of fused-ring (bicyclic) bond motifs is 2. The largest absolute Gasteiger partial charge is 0.345 e. The van der Waals surface area contributed by atoms with Crippen LogP contribution in [-0.2, 0) is 4.74 Å². The molecule has 1 heterocycles. The standard InChI is InChI=1S/C31H46O3/c1-22(2)12-9-13-23(3)14-10-15-24(4)16-11-17-25(5)20-21-31-29(33)27-19-8-7-18-26(27)28(32)30(31,6)34-31/h7-8,18-20,22-24H,9-17,21H2,1-6H3/b25-20+/t23-,24-,30+,31+/m0/s1. The van der Waals surface area contributed by atoms with Crippen molar-refractivity contribution in [1.29, 1.82) is 0 Å². The predicted octanol–water partition coefficient (Wildman–Crippen LogP) is 8.37. The van der Waals surface area contributed by atoms with E-state index in [-0.39, 0.29) is 11.6 Å². The Morgan fingerprint density at radius 3 is 1.97 bits per heavy atom. The van der Waals surface area contributed by atoms with Gasteiger partial charge in [-0.05, 0) is 44.4 Å². The number of rotatable bonds is 14. The average molecular weight is 467 g/mol. The quantitative estimate of drug-likeness (QED) is 0.204. The minimum atomic E-state index is -1.00. The minimum absolute atomic E-state index is 0.0405. The molecule has 1 aliphatic carbocycles. The molecular formula is C31H46O3. The highest BCUT2D eigenvalue weighted by Crippen LogP contribution is 2.57. The summed E-state index contributed by atoms with van der Waals surface area (Å²) in [7, 11) is 0. The molecule has 3 nitrogen and oxygen atoms in total. The fourth-order valence-electron chi connectivity index (χ4n) is 5.63. The van der Waals surface area contributed by atoms with Gasteiger partial charge in [-0.1, -0.05) is 109 Å². The maximum absolute atomic E-state index is 13.2. The Labute approximate surface area is 207 Å². The van der Waals surface area contributed by atoms with Gasteiger partial charge in [0.2, 0.25) is 0 Å².